The fourth-order valence-electron chi connectivity index (χ4n) is 4.20. The SMILES string of the molecule is Cc1ccc(C(=O)O[C@H](C(=O)O)[C@H](OC(=O)c2ccc(C)cc2)C(=O)NNC(=O)c2ccc(NC(=O)c3cccc(C)c3)cc2)cc1. The van der Waals surface area contributed by atoms with Crippen LogP contribution in [0.1, 0.15) is 58.1 Å². The van der Waals surface area contributed by atoms with Crippen molar-refractivity contribution >= 4 is 41.3 Å². The summed E-state index contributed by atoms with van der Waals surface area (Å²) < 4.78 is 10.4. The zero-order chi connectivity index (χ0) is 34.1. The quantitative estimate of drug-likeness (QED) is 0.147. The number of carboxylic acids is 1. The summed E-state index contributed by atoms with van der Waals surface area (Å²) in [5.41, 5.74) is 7.66. The van der Waals surface area contributed by atoms with Crippen LogP contribution < -0.4 is 16.2 Å². The van der Waals surface area contributed by atoms with Crippen LogP contribution in [0.15, 0.2) is 97.1 Å². The summed E-state index contributed by atoms with van der Waals surface area (Å²) in [5.74, 6) is -6.39. The monoisotopic (exact) mass is 637 g/mol. The second-order valence-corrected chi connectivity index (χ2v) is 10.6. The minimum absolute atomic E-state index is 0.000940. The summed E-state index contributed by atoms with van der Waals surface area (Å²) in [6.07, 6.45) is -4.50. The lowest BCUT2D eigenvalue weighted by Crippen LogP contribution is -2.54. The molecule has 0 aromatic heterocycles. The van der Waals surface area contributed by atoms with E-state index in [-0.39, 0.29) is 22.6 Å². The third kappa shape index (κ3) is 9.11. The van der Waals surface area contributed by atoms with Crippen molar-refractivity contribution in [3.8, 4) is 0 Å². The summed E-state index contributed by atoms with van der Waals surface area (Å²) in [6, 6.07) is 24.8. The molecule has 4 rings (SSSR count). The van der Waals surface area contributed by atoms with E-state index in [2.05, 4.69) is 10.7 Å². The first-order valence-corrected chi connectivity index (χ1v) is 14.3. The molecule has 3 amide bonds. The molecule has 4 aromatic rings. The summed E-state index contributed by atoms with van der Waals surface area (Å²) in [6.45, 7) is 5.43. The van der Waals surface area contributed by atoms with Crippen molar-refractivity contribution in [2.75, 3.05) is 5.32 Å². The second-order valence-electron chi connectivity index (χ2n) is 10.6. The van der Waals surface area contributed by atoms with Crippen LogP contribution in [0.4, 0.5) is 5.69 Å². The van der Waals surface area contributed by atoms with Gasteiger partial charge in [-0.05, 0) is 81.4 Å². The third-order valence-corrected chi connectivity index (χ3v) is 6.80. The first-order chi connectivity index (χ1) is 22.4. The molecular formula is C35H31N3O9. The zero-order valence-electron chi connectivity index (χ0n) is 25.6. The molecule has 0 saturated heterocycles. The molecule has 240 valence electrons. The molecule has 0 aliphatic heterocycles. The number of carbonyl (C=O) groups excluding carboxylic acids is 5. The van der Waals surface area contributed by atoms with E-state index in [1.807, 2.05) is 18.4 Å². The lowest BCUT2D eigenvalue weighted by atomic mass is 10.1. The van der Waals surface area contributed by atoms with Crippen molar-refractivity contribution in [3.63, 3.8) is 0 Å². The van der Waals surface area contributed by atoms with Crippen molar-refractivity contribution < 1.29 is 43.3 Å². The van der Waals surface area contributed by atoms with Gasteiger partial charge in [0.15, 0.2) is 0 Å². The smallest absolute Gasteiger partial charge is 0.349 e. The largest absolute Gasteiger partial charge is 0.478 e. The van der Waals surface area contributed by atoms with Gasteiger partial charge in [0.25, 0.3) is 17.7 Å². The highest BCUT2D eigenvalue weighted by atomic mass is 16.6. The Labute approximate surface area is 269 Å². The van der Waals surface area contributed by atoms with Gasteiger partial charge in [-0.3, -0.25) is 25.2 Å². The van der Waals surface area contributed by atoms with Gasteiger partial charge in [0.05, 0.1) is 11.1 Å². The van der Waals surface area contributed by atoms with Crippen molar-refractivity contribution in [1.29, 1.82) is 0 Å². The van der Waals surface area contributed by atoms with Crippen molar-refractivity contribution in [2.45, 2.75) is 33.0 Å². The van der Waals surface area contributed by atoms with Gasteiger partial charge in [-0.1, -0.05) is 53.1 Å². The number of carbonyl (C=O) groups is 6. The molecule has 0 heterocycles. The highest BCUT2D eigenvalue weighted by molar-refractivity contribution is 6.05. The number of ether oxygens (including phenoxy) is 2. The van der Waals surface area contributed by atoms with Gasteiger partial charge in [0, 0.05) is 16.8 Å². The van der Waals surface area contributed by atoms with Crippen LogP contribution in [0.25, 0.3) is 0 Å². The van der Waals surface area contributed by atoms with Gasteiger partial charge in [-0.25, -0.2) is 14.4 Å². The van der Waals surface area contributed by atoms with Gasteiger partial charge < -0.3 is 19.9 Å². The van der Waals surface area contributed by atoms with E-state index in [0.29, 0.717) is 11.3 Å². The van der Waals surface area contributed by atoms with Gasteiger partial charge >= 0.3 is 17.9 Å². The second kappa shape index (κ2) is 15.1. The predicted molar refractivity (Wildman–Crippen MR) is 170 cm³/mol. The van der Waals surface area contributed by atoms with Crippen LogP contribution in [0.2, 0.25) is 0 Å². The average Bonchev–Trinajstić information content (AvgIpc) is 3.05. The summed E-state index contributed by atoms with van der Waals surface area (Å²) in [5, 5.41) is 12.6. The number of aryl methyl sites for hydroxylation is 3. The highest BCUT2D eigenvalue weighted by Crippen LogP contribution is 2.16. The number of benzene rings is 4. The number of rotatable bonds is 10. The van der Waals surface area contributed by atoms with Crippen molar-refractivity contribution in [3.05, 3.63) is 136 Å². The first kappa shape index (κ1) is 33.6. The molecule has 0 radical (unpaired) electrons. The van der Waals surface area contributed by atoms with Gasteiger partial charge in [0.2, 0.25) is 12.2 Å². The Kier molecular flexibility index (Phi) is 10.8. The maximum Gasteiger partial charge on any atom is 0.349 e. The molecule has 0 unspecified atom stereocenters. The maximum absolute atomic E-state index is 13.2. The van der Waals surface area contributed by atoms with E-state index in [0.717, 1.165) is 16.7 Å². The van der Waals surface area contributed by atoms with Crippen LogP contribution in [-0.4, -0.2) is 52.9 Å². The zero-order valence-corrected chi connectivity index (χ0v) is 25.6. The summed E-state index contributed by atoms with van der Waals surface area (Å²) in [7, 11) is 0. The number of hydrazine groups is 1. The number of aliphatic carboxylic acids is 1. The Morgan fingerprint density at radius 3 is 1.57 bits per heavy atom. The van der Waals surface area contributed by atoms with Crippen molar-refractivity contribution in [1.82, 2.24) is 10.9 Å². The highest BCUT2D eigenvalue weighted by Gasteiger charge is 2.41. The maximum atomic E-state index is 13.2. The van der Waals surface area contributed by atoms with Crippen LogP contribution >= 0.6 is 0 Å². The topological polar surface area (TPSA) is 177 Å². The number of hydrogen-bond acceptors (Lipinski definition) is 8. The Morgan fingerprint density at radius 2 is 1.06 bits per heavy atom. The minimum atomic E-state index is -2.29. The number of esters is 2. The molecule has 0 spiro atoms. The number of amides is 3. The minimum Gasteiger partial charge on any atom is -0.478 e. The average molecular weight is 638 g/mol. The molecule has 0 fully saturated rings. The normalized spacial score (nSPS) is 11.7. The Morgan fingerprint density at radius 1 is 0.553 bits per heavy atom. The molecule has 0 aliphatic carbocycles. The van der Waals surface area contributed by atoms with Crippen LogP contribution in [0, 0.1) is 20.8 Å². The lowest BCUT2D eigenvalue weighted by molar-refractivity contribution is -0.159. The van der Waals surface area contributed by atoms with E-state index in [1.54, 1.807) is 56.3 Å². The van der Waals surface area contributed by atoms with Crippen LogP contribution in [0.3, 0.4) is 0 Å². The molecule has 4 N–H and O–H groups in total. The first-order valence-electron chi connectivity index (χ1n) is 14.3. The molecule has 4 aromatic carbocycles. The molecule has 12 heteroatoms. The summed E-state index contributed by atoms with van der Waals surface area (Å²) >= 11 is 0. The van der Waals surface area contributed by atoms with Gasteiger partial charge in [-0.2, -0.15) is 0 Å². The number of nitrogens with one attached hydrogen (secondary N) is 3. The van der Waals surface area contributed by atoms with E-state index in [1.165, 1.54) is 48.5 Å². The molecule has 0 bridgehead atoms. The fourth-order valence-corrected chi connectivity index (χ4v) is 4.20. The molecule has 2 atom stereocenters. The van der Waals surface area contributed by atoms with E-state index in [9.17, 15) is 33.9 Å². The molecule has 0 saturated carbocycles. The van der Waals surface area contributed by atoms with Crippen LogP contribution in [0.5, 0.6) is 0 Å². The number of carboxylic acid groups (broad SMARTS) is 1. The Balaban J connectivity index is 1.47. The van der Waals surface area contributed by atoms with Crippen molar-refractivity contribution in [2.24, 2.45) is 0 Å². The lowest BCUT2D eigenvalue weighted by Gasteiger charge is -2.23. The van der Waals surface area contributed by atoms with E-state index in [4.69, 9.17) is 9.47 Å². The molecular weight excluding hydrogens is 606 g/mol. The number of hydrogen-bond donors (Lipinski definition) is 4. The van der Waals surface area contributed by atoms with Gasteiger partial charge in [0.1, 0.15) is 0 Å². The fraction of sp³-hybridized carbons (Fsp3) is 0.143. The third-order valence-electron chi connectivity index (χ3n) is 6.80. The standard InChI is InChI=1S/C35H31N3O9/c1-20-7-11-24(12-8-20)34(44)46-28(29(33(42)43)47-35(45)25-13-9-21(2)10-14-25)32(41)38-37-31(40)23-15-17-27(18-16-23)36-30(39)26-6-4-5-22(3)19-26/h4-19,28-29H,1-3H3,(H,36,39)(H,37,40)(H,38,41)(H,42,43)/t28-,29-/m0/s1. The Hall–Kier alpha value is -6.30. The Bertz CT molecular complexity index is 1800. The molecule has 47 heavy (non-hydrogen) atoms. The predicted octanol–water partition coefficient (Wildman–Crippen LogP) is 4.16. The number of anilines is 1. The molecule has 12 nitrogen and oxygen atoms in total. The van der Waals surface area contributed by atoms with E-state index < -0.39 is 41.9 Å². The van der Waals surface area contributed by atoms with E-state index >= 15 is 0 Å². The van der Waals surface area contributed by atoms with Gasteiger partial charge in [-0.15, -0.1) is 0 Å². The van der Waals surface area contributed by atoms with Crippen LogP contribution in [-0.2, 0) is 19.1 Å². The molecule has 0 aliphatic rings. The summed E-state index contributed by atoms with van der Waals surface area (Å²) in [4.78, 5) is 76.5.